The summed E-state index contributed by atoms with van der Waals surface area (Å²) < 4.78 is 28.1. The number of hydrogen-bond donors (Lipinski definition) is 2. The number of ketones is 2. The van der Waals surface area contributed by atoms with E-state index in [4.69, 9.17) is 0 Å². The van der Waals surface area contributed by atoms with E-state index in [1.54, 1.807) is 24.3 Å². The van der Waals surface area contributed by atoms with Crippen LogP contribution in [-0.2, 0) is 14.8 Å². The van der Waals surface area contributed by atoms with Crippen LogP contribution < -0.4 is 10.0 Å². The highest BCUT2D eigenvalue weighted by Crippen LogP contribution is 2.33. The predicted molar refractivity (Wildman–Crippen MR) is 111 cm³/mol. The Labute approximate surface area is 172 Å². The summed E-state index contributed by atoms with van der Waals surface area (Å²) in [5.74, 6) is -1.02. The van der Waals surface area contributed by atoms with Gasteiger partial charge in [0.15, 0.2) is 11.6 Å². The van der Waals surface area contributed by atoms with E-state index < -0.39 is 15.8 Å². The quantitative estimate of drug-likeness (QED) is 0.527. The Hall–Kier alpha value is -3.78. The molecule has 0 radical (unpaired) electrons. The number of carbonyl (C=O) groups is 3. The average Bonchev–Trinajstić information content (AvgIpc) is 2.71. The van der Waals surface area contributed by atoms with Gasteiger partial charge in [-0.05, 0) is 30.3 Å². The van der Waals surface area contributed by atoms with Gasteiger partial charge in [0.1, 0.15) is 0 Å². The van der Waals surface area contributed by atoms with Gasteiger partial charge < -0.3 is 5.32 Å². The van der Waals surface area contributed by atoms with Gasteiger partial charge in [0.2, 0.25) is 5.91 Å². The van der Waals surface area contributed by atoms with Crippen LogP contribution >= 0.6 is 0 Å². The third kappa shape index (κ3) is 3.37. The van der Waals surface area contributed by atoms with Crippen LogP contribution in [0.2, 0.25) is 0 Å². The van der Waals surface area contributed by atoms with Crippen molar-refractivity contribution in [1.82, 2.24) is 0 Å². The summed E-state index contributed by atoms with van der Waals surface area (Å²) in [4.78, 5) is 36.9. The van der Waals surface area contributed by atoms with Crippen molar-refractivity contribution >= 4 is 38.9 Å². The van der Waals surface area contributed by atoms with Gasteiger partial charge in [-0.15, -0.1) is 0 Å². The highest BCUT2D eigenvalue weighted by atomic mass is 32.2. The summed E-state index contributed by atoms with van der Waals surface area (Å²) in [7, 11) is -4.04. The van der Waals surface area contributed by atoms with Crippen molar-refractivity contribution in [1.29, 1.82) is 0 Å². The summed E-state index contributed by atoms with van der Waals surface area (Å²) in [6.07, 6.45) is 0. The zero-order valence-corrected chi connectivity index (χ0v) is 16.6. The summed E-state index contributed by atoms with van der Waals surface area (Å²) in [6.45, 7) is 1.35. The van der Waals surface area contributed by atoms with E-state index in [9.17, 15) is 22.8 Å². The Morgan fingerprint density at radius 2 is 1.37 bits per heavy atom. The molecule has 1 aliphatic rings. The number of anilines is 2. The molecule has 0 saturated heterocycles. The maximum absolute atomic E-state index is 13.0. The number of hydrogen-bond acceptors (Lipinski definition) is 5. The fraction of sp³-hybridized carbons (Fsp3) is 0.0455. The second kappa shape index (κ2) is 7.23. The first-order chi connectivity index (χ1) is 14.3. The molecule has 0 atom stereocenters. The number of rotatable bonds is 4. The molecule has 4 rings (SSSR count). The molecular weight excluding hydrogens is 404 g/mol. The lowest BCUT2D eigenvalue weighted by atomic mass is 9.83. The molecule has 0 heterocycles. The Bertz CT molecular complexity index is 1310. The summed E-state index contributed by atoms with van der Waals surface area (Å²) in [5, 5.41) is 2.56. The van der Waals surface area contributed by atoms with Gasteiger partial charge >= 0.3 is 0 Å². The molecule has 1 aliphatic carbocycles. The summed E-state index contributed by atoms with van der Waals surface area (Å²) in [5.41, 5.74) is 1.20. The largest absolute Gasteiger partial charge is 0.326 e. The van der Waals surface area contributed by atoms with Crippen LogP contribution in [-0.4, -0.2) is 25.9 Å². The third-order valence-corrected chi connectivity index (χ3v) is 6.06. The van der Waals surface area contributed by atoms with E-state index in [1.165, 1.54) is 49.4 Å². The minimum Gasteiger partial charge on any atom is -0.326 e. The fourth-order valence-corrected chi connectivity index (χ4v) is 4.43. The fourth-order valence-electron chi connectivity index (χ4n) is 3.35. The van der Waals surface area contributed by atoms with Gasteiger partial charge in [-0.25, -0.2) is 8.42 Å². The van der Waals surface area contributed by atoms with E-state index in [1.807, 2.05) is 0 Å². The molecule has 8 heteroatoms. The van der Waals surface area contributed by atoms with Crippen molar-refractivity contribution in [2.24, 2.45) is 0 Å². The Balaban J connectivity index is 1.72. The number of benzene rings is 3. The monoisotopic (exact) mass is 420 g/mol. The molecular formula is C22H16N2O5S. The normalized spacial score (nSPS) is 12.7. The molecule has 2 N–H and O–H groups in total. The van der Waals surface area contributed by atoms with Gasteiger partial charge in [0.25, 0.3) is 10.0 Å². The summed E-state index contributed by atoms with van der Waals surface area (Å²) in [6, 6.07) is 16.5. The van der Waals surface area contributed by atoms with Crippen molar-refractivity contribution in [3.63, 3.8) is 0 Å². The molecule has 150 valence electrons. The van der Waals surface area contributed by atoms with Crippen molar-refractivity contribution in [2.75, 3.05) is 10.0 Å². The van der Waals surface area contributed by atoms with Gasteiger partial charge in [0.05, 0.1) is 16.1 Å². The van der Waals surface area contributed by atoms with Crippen LogP contribution in [0, 0.1) is 0 Å². The lowest BCUT2D eigenvalue weighted by Gasteiger charge is -2.20. The highest BCUT2D eigenvalue weighted by Gasteiger charge is 2.32. The van der Waals surface area contributed by atoms with E-state index in [0.717, 1.165) is 0 Å². The lowest BCUT2D eigenvalue weighted by Crippen LogP contribution is -2.24. The maximum atomic E-state index is 13.0. The molecule has 0 aromatic heterocycles. The molecule has 0 aliphatic heterocycles. The van der Waals surface area contributed by atoms with E-state index >= 15 is 0 Å². The molecule has 0 bridgehead atoms. The van der Waals surface area contributed by atoms with E-state index in [0.29, 0.717) is 11.3 Å². The van der Waals surface area contributed by atoms with Crippen LogP contribution in [0.3, 0.4) is 0 Å². The molecule has 30 heavy (non-hydrogen) atoms. The molecule has 0 fully saturated rings. The second-order valence-corrected chi connectivity index (χ2v) is 8.43. The zero-order chi connectivity index (χ0) is 21.5. The van der Waals surface area contributed by atoms with Crippen molar-refractivity contribution in [2.45, 2.75) is 11.8 Å². The number of sulfonamides is 1. The molecule has 3 aromatic carbocycles. The van der Waals surface area contributed by atoms with Crippen LogP contribution in [0.25, 0.3) is 0 Å². The lowest BCUT2D eigenvalue weighted by molar-refractivity contribution is -0.114. The molecule has 7 nitrogen and oxygen atoms in total. The van der Waals surface area contributed by atoms with E-state index in [-0.39, 0.29) is 39.0 Å². The van der Waals surface area contributed by atoms with Crippen LogP contribution in [0.5, 0.6) is 0 Å². The molecule has 1 amide bonds. The van der Waals surface area contributed by atoms with Gasteiger partial charge in [-0.3, -0.25) is 19.1 Å². The zero-order valence-electron chi connectivity index (χ0n) is 15.8. The summed E-state index contributed by atoms with van der Waals surface area (Å²) >= 11 is 0. The van der Waals surface area contributed by atoms with Gasteiger partial charge in [-0.1, -0.05) is 36.4 Å². The SMILES string of the molecule is CC(=O)Nc1ccc(S(=O)(=O)Nc2cccc3c2C(=O)c2ccccc2C3=O)cc1. The predicted octanol–water partition coefficient (Wildman–Crippen LogP) is 3.22. The van der Waals surface area contributed by atoms with Crippen LogP contribution in [0.1, 0.15) is 38.8 Å². The first-order valence-corrected chi connectivity index (χ1v) is 10.5. The van der Waals surface area contributed by atoms with Gasteiger partial charge in [-0.2, -0.15) is 0 Å². The number of nitrogens with one attached hydrogen (secondary N) is 2. The highest BCUT2D eigenvalue weighted by molar-refractivity contribution is 7.92. The topological polar surface area (TPSA) is 109 Å². The number of carbonyl (C=O) groups excluding carboxylic acids is 3. The van der Waals surface area contributed by atoms with Crippen molar-refractivity contribution in [3.8, 4) is 0 Å². The Kier molecular flexibility index (Phi) is 4.71. The third-order valence-electron chi connectivity index (χ3n) is 4.68. The Morgan fingerprint density at radius 3 is 2.00 bits per heavy atom. The van der Waals surface area contributed by atoms with Crippen LogP contribution in [0.15, 0.2) is 71.6 Å². The first kappa shape index (κ1) is 19.5. The smallest absolute Gasteiger partial charge is 0.261 e. The van der Waals surface area contributed by atoms with Gasteiger partial charge in [0, 0.05) is 29.3 Å². The van der Waals surface area contributed by atoms with Crippen molar-refractivity contribution < 1.29 is 22.8 Å². The number of amides is 1. The van der Waals surface area contributed by atoms with Crippen molar-refractivity contribution in [3.05, 3.63) is 89.0 Å². The minimum atomic E-state index is -4.04. The number of fused-ring (bicyclic) bond motifs is 2. The van der Waals surface area contributed by atoms with E-state index in [2.05, 4.69) is 10.0 Å². The molecule has 0 saturated carbocycles. The van der Waals surface area contributed by atoms with Crippen LogP contribution in [0.4, 0.5) is 11.4 Å². The average molecular weight is 420 g/mol. The minimum absolute atomic E-state index is 0.0274. The molecule has 0 spiro atoms. The molecule has 0 unspecified atom stereocenters. The maximum Gasteiger partial charge on any atom is 0.261 e. The Morgan fingerprint density at radius 1 is 0.767 bits per heavy atom. The first-order valence-electron chi connectivity index (χ1n) is 9.00. The second-order valence-electron chi connectivity index (χ2n) is 6.74. The molecule has 3 aromatic rings. The standard InChI is InChI=1S/C22H16N2O5S/c1-13(25)23-14-9-11-15(12-10-14)30(28,29)24-19-8-4-7-18-20(19)22(27)17-6-3-2-5-16(17)21(18)26/h2-12,24H,1H3,(H,23,25).